The third-order valence-corrected chi connectivity index (χ3v) is 4.36. The molecule has 2 heterocycles. The van der Waals surface area contributed by atoms with Crippen molar-refractivity contribution >= 4 is 5.91 Å². The standard InChI is InChI=1S/C14H21N3O/c18-14(15-6-9-17-7-1-2-8-17)13-12-5-3-4-11(12)10-16-13/h1-2,7-8,11-13,16H,3-6,9-10H2,(H,15,18). The van der Waals surface area contributed by atoms with Gasteiger partial charge in [0.1, 0.15) is 0 Å². The molecule has 4 heteroatoms. The summed E-state index contributed by atoms with van der Waals surface area (Å²) in [5, 5.41) is 6.44. The number of amides is 1. The second-order valence-corrected chi connectivity index (χ2v) is 5.45. The zero-order chi connectivity index (χ0) is 12.4. The molecule has 4 nitrogen and oxygen atoms in total. The highest BCUT2D eigenvalue weighted by Crippen LogP contribution is 2.37. The average Bonchev–Trinajstić information content (AvgIpc) is 3.05. The van der Waals surface area contributed by atoms with E-state index < -0.39 is 0 Å². The smallest absolute Gasteiger partial charge is 0.237 e. The number of fused-ring (bicyclic) bond motifs is 1. The maximum absolute atomic E-state index is 12.1. The molecular formula is C14H21N3O. The highest BCUT2D eigenvalue weighted by molar-refractivity contribution is 5.82. The van der Waals surface area contributed by atoms with Gasteiger partial charge in [-0.15, -0.1) is 0 Å². The van der Waals surface area contributed by atoms with Gasteiger partial charge >= 0.3 is 0 Å². The van der Waals surface area contributed by atoms with Crippen molar-refractivity contribution in [1.29, 1.82) is 0 Å². The van der Waals surface area contributed by atoms with Crippen molar-refractivity contribution in [3.8, 4) is 0 Å². The minimum Gasteiger partial charge on any atom is -0.353 e. The molecule has 1 aliphatic carbocycles. The molecule has 2 aliphatic rings. The quantitative estimate of drug-likeness (QED) is 0.833. The molecule has 1 saturated heterocycles. The van der Waals surface area contributed by atoms with Gasteiger partial charge in [-0.2, -0.15) is 0 Å². The van der Waals surface area contributed by atoms with E-state index in [9.17, 15) is 4.79 Å². The Balaban J connectivity index is 1.47. The Morgan fingerprint density at radius 2 is 2.17 bits per heavy atom. The van der Waals surface area contributed by atoms with E-state index in [-0.39, 0.29) is 11.9 Å². The van der Waals surface area contributed by atoms with Gasteiger partial charge in [0, 0.05) is 25.5 Å². The van der Waals surface area contributed by atoms with E-state index in [0.29, 0.717) is 12.5 Å². The number of carbonyl (C=O) groups excluding carboxylic acids is 1. The summed E-state index contributed by atoms with van der Waals surface area (Å²) < 4.78 is 2.08. The van der Waals surface area contributed by atoms with Crippen LogP contribution in [-0.2, 0) is 11.3 Å². The van der Waals surface area contributed by atoms with Crippen LogP contribution in [0, 0.1) is 11.8 Å². The molecule has 1 amide bonds. The van der Waals surface area contributed by atoms with Gasteiger partial charge in [-0.25, -0.2) is 0 Å². The fraction of sp³-hybridized carbons (Fsp3) is 0.643. The molecule has 0 radical (unpaired) electrons. The van der Waals surface area contributed by atoms with E-state index in [4.69, 9.17) is 0 Å². The van der Waals surface area contributed by atoms with Crippen molar-refractivity contribution in [3.05, 3.63) is 24.5 Å². The van der Waals surface area contributed by atoms with Gasteiger partial charge in [-0.3, -0.25) is 4.79 Å². The van der Waals surface area contributed by atoms with Gasteiger partial charge in [-0.1, -0.05) is 6.42 Å². The van der Waals surface area contributed by atoms with Crippen molar-refractivity contribution in [2.24, 2.45) is 11.8 Å². The lowest BCUT2D eigenvalue weighted by atomic mass is 9.94. The van der Waals surface area contributed by atoms with Crippen LogP contribution in [0.1, 0.15) is 19.3 Å². The first-order valence-corrected chi connectivity index (χ1v) is 6.96. The van der Waals surface area contributed by atoms with Gasteiger partial charge in [0.2, 0.25) is 5.91 Å². The third-order valence-electron chi connectivity index (χ3n) is 4.36. The van der Waals surface area contributed by atoms with E-state index in [1.807, 2.05) is 24.5 Å². The molecule has 18 heavy (non-hydrogen) atoms. The van der Waals surface area contributed by atoms with Crippen LogP contribution in [0.3, 0.4) is 0 Å². The van der Waals surface area contributed by atoms with Gasteiger partial charge in [-0.05, 0) is 43.4 Å². The summed E-state index contributed by atoms with van der Waals surface area (Å²) in [6.45, 7) is 2.59. The third kappa shape index (κ3) is 2.29. The Morgan fingerprint density at radius 3 is 3.00 bits per heavy atom. The summed E-state index contributed by atoms with van der Waals surface area (Å²) in [5.41, 5.74) is 0. The molecular weight excluding hydrogens is 226 g/mol. The van der Waals surface area contributed by atoms with Crippen LogP contribution >= 0.6 is 0 Å². The van der Waals surface area contributed by atoms with Crippen molar-refractivity contribution in [1.82, 2.24) is 15.2 Å². The number of aromatic nitrogens is 1. The van der Waals surface area contributed by atoms with Crippen LogP contribution in [-0.4, -0.2) is 29.6 Å². The average molecular weight is 247 g/mol. The van der Waals surface area contributed by atoms with Crippen LogP contribution in [0.15, 0.2) is 24.5 Å². The predicted octanol–water partition coefficient (Wildman–Crippen LogP) is 0.992. The minimum absolute atomic E-state index is 0.0576. The van der Waals surface area contributed by atoms with Gasteiger partial charge in [0.15, 0.2) is 0 Å². The summed E-state index contributed by atoms with van der Waals surface area (Å²) >= 11 is 0. The maximum atomic E-state index is 12.1. The normalized spacial score (nSPS) is 30.3. The lowest BCUT2D eigenvalue weighted by Crippen LogP contribution is -2.44. The molecule has 2 fully saturated rings. The molecule has 3 rings (SSSR count). The summed E-state index contributed by atoms with van der Waals surface area (Å²) in [6, 6.07) is 4.06. The molecule has 0 spiro atoms. The largest absolute Gasteiger partial charge is 0.353 e. The van der Waals surface area contributed by atoms with E-state index in [1.54, 1.807) is 0 Å². The summed E-state index contributed by atoms with van der Waals surface area (Å²) in [5.74, 6) is 1.51. The number of hydrogen-bond donors (Lipinski definition) is 2. The number of nitrogens with zero attached hydrogens (tertiary/aromatic N) is 1. The van der Waals surface area contributed by atoms with Gasteiger partial charge < -0.3 is 15.2 Å². The highest BCUT2D eigenvalue weighted by Gasteiger charge is 2.42. The second-order valence-electron chi connectivity index (χ2n) is 5.45. The van der Waals surface area contributed by atoms with Crippen LogP contribution in [0.25, 0.3) is 0 Å². The zero-order valence-electron chi connectivity index (χ0n) is 10.6. The second kappa shape index (κ2) is 5.14. The van der Waals surface area contributed by atoms with E-state index in [1.165, 1.54) is 19.3 Å². The Kier molecular flexibility index (Phi) is 3.37. The van der Waals surface area contributed by atoms with Gasteiger partial charge in [0.25, 0.3) is 0 Å². The first kappa shape index (κ1) is 11.8. The van der Waals surface area contributed by atoms with Crippen molar-refractivity contribution in [2.75, 3.05) is 13.1 Å². The number of nitrogens with one attached hydrogen (secondary N) is 2. The fourth-order valence-electron chi connectivity index (χ4n) is 3.41. The van der Waals surface area contributed by atoms with Crippen molar-refractivity contribution in [3.63, 3.8) is 0 Å². The Hall–Kier alpha value is -1.29. The van der Waals surface area contributed by atoms with Crippen molar-refractivity contribution < 1.29 is 4.79 Å². The summed E-state index contributed by atoms with van der Waals surface area (Å²) in [7, 11) is 0. The highest BCUT2D eigenvalue weighted by atomic mass is 16.2. The topological polar surface area (TPSA) is 46.1 Å². The molecule has 3 unspecified atom stereocenters. The fourth-order valence-corrected chi connectivity index (χ4v) is 3.41. The first-order chi connectivity index (χ1) is 8.84. The molecule has 1 aliphatic heterocycles. The predicted molar refractivity (Wildman–Crippen MR) is 70.1 cm³/mol. The molecule has 0 aromatic carbocycles. The lowest BCUT2D eigenvalue weighted by molar-refractivity contribution is -0.123. The molecule has 1 aromatic heterocycles. The monoisotopic (exact) mass is 247 g/mol. The molecule has 3 atom stereocenters. The Bertz CT molecular complexity index is 401. The van der Waals surface area contributed by atoms with Crippen LogP contribution < -0.4 is 10.6 Å². The van der Waals surface area contributed by atoms with E-state index >= 15 is 0 Å². The Morgan fingerprint density at radius 1 is 1.33 bits per heavy atom. The number of rotatable bonds is 4. The zero-order valence-corrected chi connectivity index (χ0v) is 10.6. The van der Waals surface area contributed by atoms with E-state index in [0.717, 1.165) is 19.0 Å². The minimum atomic E-state index is 0.0576. The lowest BCUT2D eigenvalue weighted by Gasteiger charge is -2.17. The van der Waals surface area contributed by atoms with Crippen LogP contribution in [0.2, 0.25) is 0 Å². The maximum Gasteiger partial charge on any atom is 0.237 e. The molecule has 2 N–H and O–H groups in total. The van der Waals surface area contributed by atoms with Crippen LogP contribution in [0.4, 0.5) is 0 Å². The molecule has 1 aromatic rings. The molecule has 1 saturated carbocycles. The SMILES string of the molecule is O=C(NCCn1cccc1)C1NCC2CCCC21. The molecule has 98 valence electrons. The van der Waals surface area contributed by atoms with Crippen LogP contribution in [0.5, 0.6) is 0 Å². The van der Waals surface area contributed by atoms with Crippen molar-refractivity contribution in [2.45, 2.75) is 31.8 Å². The van der Waals surface area contributed by atoms with Gasteiger partial charge in [0.05, 0.1) is 6.04 Å². The number of carbonyl (C=O) groups is 1. The number of hydrogen-bond acceptors (Lipinski definition) is 2. The summed E-state index contributed by atoms with van der Waals surface area (Å²) in [4.78, 5) is 12.1. The molecule has 0 bridgehead atoms. The Labute approximate surface area is 108 Å². The van der Waals surface area contributed by atoms with E-state index in [2.05, 4.69) is 15.2 Å². The summed E-state index contributed by atoms with van der Waals surface area (Å²) in [6.07, 6.45) is 7.85. The first-order valence-electron chi connectivity index (χ1n) is 6.96.